The van der Waals surface area contributed by atoms with Gasteiger partial charge in [-0.1, -0.05) is 26.8 Å². The van der Waals surface area contributed by atoms with E-state index >= 15 is 0 Å². The number of H-pyrrole nitrogens is 1. The molecule has 7 N–H and O–H groups in total. The highest BCUT2D eigenvalue weighted by Gasteiger charge is 2.48. The molecule has 0 aliphatic carbocycles. The zero-order valence-electron chi connectivity index (χ0n) is 25.8. The van der Waals surface area contributed by atoms with Crippen LogP contribution in [0.5, 0.6) is 11.5 Å². The molecule has 22 nitrogen and oxygen atoms in total. The minimum atomic E-state index is -6.09. The first-order chi connectivity index (χ1) is 22.2. The second-order valence-corrected chi connectivity index (χ2v) is 15.5. The number of benzene rings is 1. The van der Waals surface area contributed by atoms with Crippen LogP contribution in [-0.4, -0.2) is 95.9 Å². The Morgan fingerprint density at radius 2 is 1.38 bits per heavy atom. The maximum atomic E-state index is 12.1. The summed E-state index contributed by atoms with van der Waals surface area (Å²) in [5, 5.41) is 20.3. The van der Waals surface area contributed by atoms with Crippen molar-refractivity contribution in [3.8, 4) is 11.5 Å². The predicted molar refractivity (Wildman–Crippen MR) is 163 cm³/mol. The molecule has 3 rings (SSSR count). The summed E-state index contributed by atoms with van der Waals surface area (Å²) in [6.07, 6.45) is -6.06. The van der Waals surface area contributed by atoms with Crippen LogP contribution < -0.4 is 20.5 Å². The van der Waals surface area contributed by atoms with E-state index in [2.05, 4.69) is 47.7 Å². The molecule has 0 amide bonds. The highest BCUT2D eigenvalue weighted by Crippen LogP contribution is 2.71. The van der Waals surface area contributed by atoms with Crippen molar-refractivity contribution >= 4 is 31.3 Å². The number of phosphoric ester groups is 2. The molecule has 1 aromatic carbocycles. The second-order valence-electron chi connectivity index (χ2n) is 9.37. The highest BCUT2D eigenvalue weighted by molar-refractivity contribution is 7.69. The standard InChI is InChI=1S/C16H22N2O19P4.C6H15N/c1-31-9-3-2-4-10(7-9)34-39(25,26)36-41(29,30)37-40(27,28)35-38(23,24)32-8-11-13(20)14(21)15(33-11)18-6-5-12(19)17-16(18)22;1-4-7(5-2)6-3/h2-7,11,13-15,20-21H,8H2,1H3,(H,23,24)(H,25,26)(H,27,28)(H,29,30)(H,17,19,22);4-6H2,1-3H3/t11-,13-,14-,15-;/m1./s1. The summed E-state index contributed by atoms with van der Waals surface area (Å²) in [6.45, 7) is 8.98. The Hall–Kier alpha value is -2.06. The number of rotatable bonds is 16. The lowest BCUT2D eigenvalue weighted by molar-refractivity contribution is -0.0542. The van der Waals surface area contributed by atoms with E-state index in [1.807, 2.05) is 4.98 Å². The number of aliphatic hydroxyl groups excluding tert-OH is 2. The summed E-state index contributed by atoms with van der Waals surface area (Å²) in [5.41, 5.74) is -1.82. The van der Waals surface area contributed by atoms with Gasteiger partial charge in [-0.05, 0) is 31.8 Å². The molecule has 8 atom stereocenters. The van der Waals surface area contributed by atoms with Gasteiger partial charge in [0.1, 0.15) is 29.8 Å². The Kier molecular flexibility index (Phi) is 15.6. The van der Waals surface area contributed by atoms with Crippen molar-refractivity contribution in [1.82, 2.24) is 14.5 Å². The van der Waals surface area contributed by atoms with E-state index in [1.54, 1.807) is 0 Å². The van der Waals surface area contributed by atoms with Gasteiger partial charge in [-0.3, -0.25) is 23.8 Å². The van der Waals surface area contributed by atoms with Crippen molar-refractivity contribution in [2.24, 2.45) is 0 Å². The summed E-state index contributed by atoms with van der Waals surface area (Å²) in [4.78, 5) is 66.1. The number of nitrogens with zero attached hydrogens (tertiary/aromatic N) is 2. The van der Waals surface area contributed by atoms with Gasteiger partial charge < -0.3 is 43.8 Å². The van der Waals surface area contributed by atoms with Crippen molar-refractivity contribution < 1.29 is 79.5 Å². The molecule has 1 aliphatic heterocycles. The first-order valence-electron chi connectivity index (χ1n) is 13.7. The molecule has 0 radical (unpaired) electrons. The molecule has 2 heterocycles. The van der Waals surface area contributed by atoms with E-state index in [0.717, 1.165) is 24.4 Å². The third-order valence-electron chi connectivity index (χ3n) is 6.09. The average molecular weight is 771 g/mol. The predicted octanol–water partition coefficient (Wildman–Crippen LogP) is 1.06. The quantitative estimate of drug-likeness (QED) is 0.117. The number of nitrogens with one attached hydrogen (secondary N) is 1. The van der Waals surface area contributed by atoms with Crippen LogP contribution in [0.3, 0.4) is 0 Å². The van der Waals surface area contributed by atoms with E-state index in [0.29, 0.717) is 4.57 Å². The summed E-state index contributed by atoms with van der Waals surface area (Å²) in [6, 6.07) is 5.80. The largest absolute Gasteiger partial charge is 0.536 e. The molecule has 1 fully saturated rings. The summed E-state index contributed by atoms with van der Waals surface area (Å²) >= 11 is 0. The summed E-state index contributed by atoms with van der Waals surface area (Å²) in [5.74, 6) is -0.260. The molecular formula is C22H37N3O19P4. The normalized spacial score (nSPS) is 24.3. The van der Waals surface area contributed by atoms with Crippen LogP contribution in [0.2, 0.25) is 0 Å². The van der Waals surface area contributed by atoms with Crippen LogP contribution in [0.25, 0.3) is 0 Å². The first-order valence-corrected chi connectivity index (χ1v) is 19.6. The number of ether oxygens (including phenoxy) is 2. The third-order valence-corrected chi connectivity index (χ3v) is 12.0. The fourth-order valence-corrected chi connectivity index (χ4v) is 8.76. The van der Waals surface area contributed by atoms with Crippen LogP contribution >= 0.6 is 31.3 Å². The smallest absolute Gasteiger partial charge is 0.497 e. The SMILES string of the molecule is CCN(CC)CC.COc1cccc(OP(=O)(O)OP(=O)(O)OP(=O)(O)OP(=O)(O)OC[C@H]2O[C@@H](n3ccc(=O)[nH]c3=O)[C@H](O)[C@@H]2O)c1. The molecule has 1 saturated heterocycles. The molecule has 0 bridgehead atoms. The monoisotopic (exact) mass is 771 g/mol. The van der Waals surface area contributed by atoms with Gasteiger partial charge in [-0.25, -0.2) is 23.1 Å². The summed E-state index contributed by atoms with van der Waals surface area (Å²) < 4.78 is 79.4. The Bertz CT molecular complexity index is 1660. The fourth-order valence-electron chi connectivity index (χ4n) is 3.82. The van der Waals surface area contributed by atoms with Gasteiger partial charge in [-0.2, -0.15) is 12.9 Å². The van der Waals surface area contributed by atoms with Gasteiger partial charge in [-0.15, -0.1) is 0 Å². The van der Waals surface area contributed by atoms with Gasteiger partial charge in [0.2, 0.25) is 0 Å². The maximum absolute atomic E-state index is 12.1. The summed E-state index contributed by atoms with van der Waals surface area (Å²) in [7, 11) is -22.1. The number of methoxy groups -OCH3 is 1. The van der Waals surface area contributed by atoms with E-state index < -0.39 is 79.4 Å². The lowest BCUT2D eigenvalue weighted by atomic mass is 10.1. The first kappa shape index (κ1) is 42.1. The average Bonchev–Trinajstić information content (AvgIpc) is 3.24. The van der Waals surface area contributed by atoms with Crippen LogP contribution in [0.15, 0.2) is 46.1 Å². The zero-order valence-corrected chi connectivity index (χ0v) is 29.4. The number of aromatic nitrogens is 2. The molecule has 1 aliphatic rings. The van der Waals surface area contributed by atoms with E-state index in [9.17, 15) is 57.6 Å². The molecular weight excluding hydrogens is 734 g/mol. The number of phosphoric acid groups is 4. The number of aliphatic hydroxyl groups is 2. The van der Waals surface area contributed by atoms with Crippen molar-refractivity contribution in [3.63, 3.8) is 0 Å². The van der Waals surface area contributed by atoms with Crippen molar-refractivity contribution in [2.75, 3.05) is 33.4 Å². The van der Waals surface area contributed by atoms with Gasteiger partial charge in [0.25, 0.3) is 5.56 Å². The van der Waals surface area contributed by atoms with Crippen molar-refractivity contribution in [3.05, 3.63) is 57.4 Å². The van der Waals surface area contributed by atoms with Gasteiger partial charge in [0, 0.05) is 18.3 Å². The number of aromatic amines is 1. The second kappa shape index (κ2) is 17.7. The minimum Gasteiger partial charge on any atom is -0.497 e. The van der Waals surface area contributed by atoms with Gasteiger partial charge >= 0.3 is 37.0 Å². The third kappa shape index (κ3) is 13.3. The van der Waals surface area contributed by atoms with Crippen LogP contribution in [-0.2, 0) is 40.5 Å². The molecule has 0 saturated carbocycles. The zero-order chi connectivity index (χ0) is 36.5. The van der Waals surface area contributed by atoms with Crippen LogP contribution in [0, 0.1) is 0 Å². The van der Waals surface area contributed by atoms with E-state index in [1.165, 1.54) is 38.9 Å². The molecule has 4 unspecified atom stereocenters. The Labute approximate surface area is 272 Å². The Morgan fingerprint density at radius 3 is 1.90 bits per heavy atom. The molecule has 2 aromatic rings. The number of hydrogen-bond donors (Lipinski definition) is 7. The Morgan fingerprint density at radius 1 is 0.833 bits per heavy atom. The number of hydrogen-bond acceptors (Lipinski definition) is 16. The topological polar surface area (TPSA) is 312 Å². The molecule has 274 valence electrons. The van der Waals surface area contributed by atoms with Gasteiger partial charge in [0.05, 0.1) is 13.7 Å². The van der Waals surface area contributed by atoms with Crippen molar-refractivity contribution in [1.29, 1.82) is 0 Å². The van der Waals surface area contributed by atoms with E-state index in [4.69, 9.17) is 9.47 Å². The molecule has 1 aromatic heterocycles. The van der Waals surface area contributed by atoms with Gasteiger partial charge in [0.15, 0.2) is 6.23 Å². The van der Waals surface area contributed by atoms with Crippen LogP contribution in [0.4, 0.5) is 0 Å². The molecule has 48 heavy (non-hydrogen) atoms. The minimum absolute atomic E-state index is 0.142. The van der Waals surface area contributed by atoms with Crippen molar-refractivity contribution in [2.45, 2.75) is 45.3 Å². The Balaban J connectivity index is 0.00000103. The molecule has 0 spiro atoms. The molecule has 26 heteroatoms. The fraction of sp³-hybridized carbons (Fsp3) is 0.545. The highest BCUT2D eigenvalue weighted by atomic mass is 31.3. The maximum Gasteiger partial charge on any atom is 0.536 e. The lowest BCUT2D eigenvalue weighted by Crippen LogP contribution is -2.37. The lowest BCUT2D eigenvalue weighted by Gasteiger charge is -2.21. The van der Waals surface area contributed by atoms with E-state index in [-0.39, 0.29) is 5.75 Å². The van der Waals surface area contributed by atoms with Crippen LogP contribution in [0.1, 0.15) is 27.0 Å².